The van der Waals surface area contributed by atoms with Crippen molar-refractivity contribution in [1.29, 1.82) is 0 Å². The zero-order chi connectivity index (χ0) is 31.7. The number of nitrogens with zero attached hydrogens (tertiary/aromatic N) is 3. The van der Waals surface area contributed by atoms with Crippen molar-refractivity contribution >= 4 is 56.4 Å². The summed E-state index contributed by atoms with van der Waals surface area (Å²) in [6.07, 6.45) is 0. The Kier molecular flexibility index (Phi) is 9.07. The minimum Gasteiger partial charge on any atom is -0.493 e. The molecule has 11 nitrogen and oxygen atoms in total. The highest BCUT2D eigenvalue weighted by Gasteiger charge is 2.39. The lowest BCUT2D eigenvalue weighted by molar-refractivity contribution is -0.142. The maximum atomic E-state index is 14.4. The van der Waals surface area contributed by atoms with Gasteiger partial charge in [0, 0.05) is 10.0 Å². The topological polar surface area (TPSA) is 126 Å². The lowest BCUT2D eigenvalue weighted by atomic mass is 9.95. The van der Waals surface area contributed by atoms with E-state index in [9.17, 15) is 19.2 Å². The fourth-order valence-electron chi connectivity index (χ4n) is 5.32. The van der Waals surface area contributed by atoms with Crippen LogP contribution in [0.2, 0.25) is 0 Å². The summed E-state index contributed by atoms with van der Waals surface area (Å²) in [6, 6.07) is 9.40. The smallest absolute Gasteiger partial charge is 0.338 e. The quantitative estimate of drug-likeness (QED) is 0.315. The second-order valence-electron chi connectivity index (χ2n) is 9.67. The van der Waals surface area contributed by atoms with E-state index in [0.29, 0.717) is 49.9 Å². The van der Waals surface area contributed by atoms with Gasteiger partial charge in [0.1, 0.15) is 11.1 Å². The second kappa shape index (κ2) is 12.8. The highest BCUT2D eigenvalue weighted by molar-refractivity contribution is 9.10. The first-order valence-electron chi connectivity index (χ1n) is 14.0. The van der Waals surface area contributed by atoms with Gasteiger partial charge in [-0.2, -0.15) is 0 Å². The third kappa shape index (κ3) is 5.34. The average molecular weight is 685 g/mol. The minimum absolute atomic E-state index is 0.118. The Morgan fingerprint density at radius 3 is 2.43 bits per heavy atom. The van der Waals surface area contributed by atoms with Gasteiger partial charge in [0.05, 0.1) is 55.5 Å². The first-order chi connectivity index (χ1) is 21.2. The molecule has 2 aromatic carbocycles. The monoisotopic (exact) mass is 683 g/mol. The van der Waals surface area contributed by atoms with E-state index in [-0.39, 0.29) is 35.4 Å². The first-order valence-corrected chi connectivity index (χ1v) is 15.6. The summed E-state index contributed by atoms with van der Waals surface area (Å²) in [7, 11) is 1.52. The van der Waals surface area contributed by atoms with Crippen LogP contribution in [0, 0.1) is 0 Å². The molecule has 0 saturated heterocycles. The summed E-state index contributed by atoms with van der Waals surface area (Å²) in [5.74, 6) is -0.815. The highest BCUT2D eigenvalue weighted by atomic mass is 79.9. The number of carbonyl (C=O) groups is 3. The lowest BCUT2D eigenvalue weighted by Crippen LogP contribution is -2.41. The van der Waals surface area contributed by atoms with Gasteiger partial charge in [-0.05, 0) is 51.5 Å². The van der Waals surface area contributed by atoms with E-state index in [2.05, 4.69) is 20.9 Å². The molecule has 1 atom stereocenters. The number of methoxy groups -OCH3 is 1. The summed E-state index contributed by atoms with van der Waals surface area (Å²) in [5.41, 5.74) is 1.70. The van der Waals surface area contributed by atoms with Crippen LogP contribution in [0.5, 0.6) is 11.5 Å². The van der Waals surface area contributed by atoms with Crippen LogP contribution in [0.25, 0.3) is 5.57 Å². The van der Waals surface area contributed by atoms with Gasteiger partial charge in [0.2, 0.25) is 0 Å². The lowest BCUT2D eigenvalue weighted by Gasteiger charge is -2.26. The van der Waals surface area contributed by atoms with Crippen molar-refractivity contribution in [1.82, 2.24) is 4.57 Å². The van der Waals surface area contributed by atoms with Gasteiger partial charge in [-0.15, -0.1) is 0 Å². The molecule has 3 aromatic rings. The number of fused-ring (bicyclic) bond motifs is 2. The maximum absolute atomic E-state index is 14.4. The number of allylic oxidation sites excluding steroid dienone is 1. The van der Waals surface area contributed by atoms with Crippen LogP contribution in [0.1, 0.15) is 44.9 Å². The number of carbonyl (C=O) groups excluding carboxylic acids is 3. The number of hydrogen-bond donors (Lipinski definition) is 0. The Morgan fingerprint density at radius 1 is 1.02 bits per heavy atom. The third-order valence-electron chi connectivity index (χ3n) is 7.11. The summed E-state index contributed by atoms with van der Waals surface area (Å²) >= 11 is 4.65. The van der Waals surface area contributed by atoms with E-state index in [1.165, 1.54) is 16.6 Å². The van der Waals surface area contributed by atoms with Crippen LogP contribution in [-0.2, 0) is 23.9 Å². The summed E-state index contributed by atoms with van der Waals surface area (Å²) in [4.78, 5) is 60.3. The van der Waals surface area contributed by atoms with Crippen LogP contribution in [-0.4, -0.2) is 55.9 Å². The van der Waals surface area contributed by atoms with Crippen LogP contribution in [0.15, 0.2) is 61.9 Å². The fraction of sp³-hybridized carbons (Fsp3) is 0.323. The predicted octanol–water partition coefficient (Wildman–Crippen LogP) is 3.25. The molecule has 0 N–H and O–H groups in total. The molecule has 0 spiro atoms. The molecular formula is C31H30BrN3O8S. The van der Waals surface area contributed by atoms with Gasteiger partial charge in [0.15, 0.2) is 16.3 Å². The molecule has 2 aliphatic heterocycles. The summed E-state index contributed by atoms with van der Waals surface area (Å²) < 4.78 is 23.9. The molecule has 0 fully saturated rings. The van der Waals surface area contributed by atoms with Crippen LogP contribution < -0.4 is 29.3 Å². The Hall–Kier alpha value is -4.23. The van der Waals surface area contributed by atoms with Gasteiger partial charge >= 0.3 is 11.9 Å². The molecule has 3 heterocycles. The molecular weight excluding hydrogens is 654 g/mol. The zero-order valence-corrected chi connectivity index (χ0v) is 27.2. The Bertz CT molecular complexity index is 1890. The number of amides is 1. The van der Waals surface area contributed by atoms with Crippen LogP contribution in [0.3, 0.4) is 0 Å². The molecule has 1 amide bonds. The highest BCUT2D eigenvalue weighted by Crippen LogP contribution is 2.41. The number of aromatic nitrogens is 1. The number of thiazole rings is 1. The Morgan fingerprint density at radius 2 is 1.75 bits per heavy atom. The number of halogens is 1. The van der Waals surface area contributed by atoms with Crippen molar-refractivity contribution < 1.29 is 33.3 Å². The largest absolute Gasteiger partial charge is 0.493 e. The van der Waals surface area contributed by atoms with Gasteiger partial charge in [-0.3, -0.25) is 23.9 Å². The van der Waals surface area contributed by atoms with Crippen molar-refractivity contribution in [3.8, 4) is 11.5 Å². The first kappa shape index (κ1) is 31.2. The Labute approximate surface area is 265 Å². The second-order valence-corrected chi connectivity index (χ2v) is 11.5. The maximum Gasteiger partial charge on any atom is 0.338 e. The molecule has 0 saturated carbocycles. The van der Waals surface area contributed by atoms with Crippen molar-refractivity contribution in [2.24, 2.45) is 4.99 Å². The molecule has 13 heteroatoms. The SMILES string of the molecule is CCOC(=O)CN1C(=O)/C(=c2/sc3n(c2=O)[C@@H](c2cc(OCC)c(OC)cc2Br)C(C(=O)OCC)=C(C)N=3)c2ccccc21. The van der Waals surface area contributed by atoms with E-state index < -0.39 is 29.4 Å². The number of anilines is 1. The van der Waals surface area contributed by atoms with Crippen molar-refractivity contribution in [3.63, 3.8) is 0 Å². The molecule has 0 aliphatic carbocycles. The van der Waals surface area contributed by atoms with Crippen molar-refractivity contribution in [2.75, 3.05) is 38.4 Å². The summed E-state index contributed by atoms with van der Waals surface area (Å²) in [5, 5.41) is 0. The molecule has 0 unspecified atom stereocenters. The predicted molar refractivity (Wildman–Crippen MR) is 167 cm³/mol. The van der Waals surface area contributed by atoms with E-state index in [1.807, 2.05) is 6.92 Å². The molecule has 44 heavy (non-hydrogen) atoms. The molecule has 0 bridgehead atoms. The van der Waals surface area contributed by atoms with Crippen molar-refractivity contribution in [3.05, 3.63) is 83.0 Å². The molecule has 0 radical (unpaired) electrons. The number of benzene rings is 2. The average Bonchev–Trinajstić information content (AvgIpc) is 3.45. The fourth-order valence-corrected chi connectivity index (χ4v) is 6.99. The number of esters is 2. The van der Waals surface area contributed by atoms with Gasteiger partial charge in [0.25, 0.3) is 11.5 Å². The third-order valence-corrected chi connectivity index (χ3v) is 8.85. The van der Waals surface area contributed by atoms with Crippen LogP contribution in [0.4, 0.5) is 5.69 Å². The normalized spacial score (nSPS) is 16.7. The van der Waals surface area contributed by atoms with Crippen LogP contribution >= 0.6 is 27.3 Å². The van der Waals surface area contributed by atoms with Gasteiger partial charge in [-0.25, -0.2) is 9.79 Å². The van der Waals surface area contributed by atoms with E-state index in [0.717, 1.165) is 11.3 Å². The zero-order valence-electron chi connectivity index (χ0n) is 24.8. The van der Waals surface area contributed by atoms with Crippen molar-refractivity contribution in [2.45, 2.75) is 33.7 Å². The van der Waals surface area contributed by atoms with E-state index in [1.54, 1.807) is 57.2 Å². The standard InChI is InChI=1S/C31H30BrN3O8S/c1-6-41-22-13-18(19(32)14-21(22)40-5)26-24(30(39)43-8-3)16(4)33-31-35(26)29(38)27(44-31)25-17-11-9-10-12-20(17)34(28(25)37)15-23(36)42-7-2/h9-14,26H,6-8,15H2,1-5H3/b27-25+/t26-/m0/s1. The summed E-state index contributed by atoms with van der Waals surface area (Å²) in [6.45, 7) is 7.23. The Balaban J connectivity index is 1.79. The van der Waals surface area contributed by atoms with Gasteiger partial charge < -0.3 is 18.9 Å². The molecule has 230 valence electrons. The number of para-hydroxylation sites is 1. The van der Waals surface area contributed by atoms with Gasteiger partial charge in [-0.1, -0.05) is 45.5 Å². The minimum atomic E-state index is -0.971. The van der Waals surface area contributed by atoms with E-state index >= 15 is 0 Å². The van der Waals surface area contributed by atoms with E-state index in [4.69, 9.17) is 18.9 Å². The molecule has 5 rings (SSSR count). The molecule has 1 aromatic heterocycles. The number of hydrogen-bond acceptors (Lipinski definition) is 10. The number of rotatable bonds is 9. The molecule has 2 aliphatic rings. The number of ether oxygens (including phenoxy) is 4.